The second-order valence-electron chi connectivity index (χ2n) is 5.41. The van der Waals surface area contributed by atoms with Crippen LogP contribution in [0.4, 0.5) is 9.93 Å². The van der Waals surface area contributed by atoms with Gasteiger partial charge in [-0.25, -0.2) is 9.78 Å². The number of benzene rings is 1. The molecule has 0 saturated heterocycles. The smallest absolute Gasteiger partial charge is 0.410 e. The van der Waals surface area contributed by atoms with Crippen LogP contribution in [0.25, 0.3) is 0 Å². The Morgan fingerprint density at radius 3 is 2.96 bits per heavy atom. The van der Waals surface area contributed by atoms with Gasteiger partial charge in [0.25, 0.3) is 5.91 Å². The van der Waals surface area contributed by atoms with E-state index in [0.29, 0.717) is 36.8 Å². The zero-order valence-electron chi connectivity index (χ0n) is 14.1. The van der Waals surface area contributed by atoms with Gasteiger partial charge in [-0.2, -0.15) is 0 Å². The molecule has 3 rings (SSSR count). The van der Waals surface area contributed by atoms with E-state index in [9.17, 15) is 9.59 Å². The summed E-state index contributed by atoms with van der Waals surface area (Å²) in [4.78, 5) is 32.5. The van der Waals surface area contributed by atoms with Crippen LogP contribution in [0.5, 0.6) is 0 Å². The van der Waals surface area contributed by atoms with Crippen LogP contribution in [0.15, 0.2) is 29.2 Å². The number of fused-ring (bicyclic) bond motifs is 1. The van der Waals surface area contributed by atoms with Gasteiger partial charge in [-0.1, -0.05) is 23.5 Å². The largest absolute Gasteiger partial charge is 0.450 e. The molecule has 0 atom stereocenters. The highest BCUT2D eigenvalue weighted by Gasteiger charge is 2.25. The first kappa shape index (κ1) is 17.8. The third kappa shape index (κ3) is 3.96. The fraction of sp³-hybridized carbons (Fsp3) is 0.353. The van der Waals surface area contributed by atoms with E-state index in [-0.39, 0.29) is 12.0 Å². The third-order valence-electron chi connectivity index (χ3n) is 3.83. The number of hydrogen-bond acceptors (Lipinski definition) is 6. The van der Waals surface area contributed by atoms with Gasteiger partial charge in [0.1, 0.15) is 0 Å². The first-order valence-corrected chi connectivity index (χ1v) is 10.0. The summed E-state index contributed by atoms with van der Waals surface area (Å²) in [6.45, 7) is 3.21. The Bertz CT molecular complexity index is 791. The van der Waals surface area contributed by atoms with Crippen molar-refractivity contribution in [1.82, 2.24) is 9.88 Å². The maximum absolute atomic E-state index is 12.5. The van der Waals surface area contributed by atoms with E-state index in [2.05, 4.69) is 10.3 Å². The summed E-state index contributed by atoms with van der Waals surface area (Å²) in [6.07, 6.45) is 2.31. The SMILES string of the molecule is CCOC(=O)N1CCc2nc(NC(=O)c3ccccc3SC)sc2C1. The van der Waals surface area contributed by atoms with Crippen molar-refractivity contribution in [3.8, 4) is 0 Å². The predicted octanol–water partition coefficient (Wildman–Crippen LogP) is 3.63. The molecule has 0 saturated carbocycles. The predicted molar refractivity (Wildman–Crippen MR) is 99.4 cm³/mol. The van der Waals surface area contributed by atoms with Crippen molar-refractivity contribution >= 4 is 40.2 Å². The quantitative estimate of drug-likeness (QED) is 0.824. The lowest BCUT2D eigenvalue weighted by atomic mass is 10.2. The summed E-state index contributed by atoms with van der Waals surface area (Å²) in [5, 5.41) is 3.45. The molecule has 1 aliphatic rings. The maximum atomic E-state index is 12.5. The molecule has 0 unspecified atom stereocenters. The van der Waals surface area contributed by atoms with Gasteiger partial charge in [0.15, 0.2) is 5.13 Å². The molecule has 25 heavy (non-hydrogen) atoms. The van der Waals surface area contributed by atoms with Crippen molar-refractivity contribution in [1.29, 1.82) is 0 Å². The molecule has 2 aromatic rings. The third-order valence-corrected chi connectivity index (χ3v) is 5.62. The fourth-order valence-corrected chi connectivity index (χ4v) is 4.23. The van der Waals surface area contributed by atoms with E-state index in [1.54, 1.807) is 17.9 Å². The number of aromatic nitrogens is 1. The molecule has 1 aromatic carbocycles. The molecular weight excluding hydrogens is 358 g/mol. The highest BCUT2D eigenvalue weighted by Crippen LogP contribution is 2.29. The fourth-order valence-electron chi connectivity index (χ4n) is 2.62. The van der Waals surface area contributed by atoms with Gasteiger partial charge < -0.3 is 9.64 Å². The molecule has 2 amide bonds. The Kier molecular flexibility index (Phi) is 5.60. The molecule has 0 bridgehead atoms. The number of thioether (sulfide) groups is 1. The summed E-state index contributed by atoms with van der Waals surface area (Å²) >= 11 is 2.95. The van der Waals surface area contributed by atoms with Crippen molar-refractivity contribution in [2.45, 2.75) is 24.8 Å². The lowest BCUT2D eigenvalue weighted by Crippen LogP contribution is -2.35. The van der Waals surface area contributed by atoms with Gasteiger partial charge in [0.2, 0.25) is 0 Å². The lowest BCUT2D eigenvalue weighted by molar-refractivity contribution is 0.102. The highest BCUT2D eigenvalue weighted by molar-refractivity contribution is 7.98. The van der Waals surface area contributed by atoms with Crippen LogP contribution in [0, 0.1) is 0 Å². The van der Waals surface area contributed by atoms with E-state index in [4.69, 9.17) is 4.74 Å². The van der Waals surface area contributed by atoms with Gasteiger partial charge in [-0.3, -0.25) is 10.1 Å². The maximum Gasteiger partial charge on any atom is 0.410 e. The number of anilines is 1. The minimum absolute atomic E-state index is 0.168. The Morgan fingerprint density at radius 2 is 2.20 bits per heavy atom. The molecule has 6 nitrogen and oxygen atoms in total. The number of carbonyl (C=O) groups excluding carboxylic acids is 2. The monoisotopic (exact) mass is 377 g/mol. The summed E-state index contributed by atoms with van der Waals surface area (Å²) < 4.78 is 5.05. The number of carbonyl (C=O) groups is 2. The summed E-state index contributed by atoms with van der Waals surface area (Å²) in [5.41, 5.74) is 1.58. The Balaban J connectivity index is 1.72. The van der Waals surface area contributed by atoms with Crippen molar-refractivity contribution < 1.29 is 14.3 Å². The standard InChI is InChI=1S/C17H19N3O3S2/c1-3-23-17(22)20-9-8-12-14(10-20)25-16(18-12)19-15(21)11-6-4-5-7-13(11)24-2/h4-7H,3,8-10H2,1-2H3,(H,18,19,21). The van der Waals surface area contributed by atoms with Gasteiger partial charge in [0.05, 0.1) is 24.4 Å². The Hall–Kier alpha value is -2.06. The Labute approximate surface area is 154 Å². The van der Waals surface area contributed by atoms with Crippen molar-refractivity contribution in [2.75, 3.05) is 24.7 Å². The molecule has 0 radical (unpaired) electrons. The molecule has 1 aliphatic heterocycles. The van der Waals surface area contributed by atoms with Crippen molar-refractivity contribution in [3.05, 3.63) is 40.4 Å². The van der Waals surface area contributed by atoms with Gasteiger partial charge in [0, 0.05) is 22.7 Å². The minimum Gasteiger partial charge on any atom is -0.450 e. The van der Waals surface area contributed by atoms with Gasteiger partial charge in [-0.15, -0.1) is 11.8 Å². The number of nitrogens with one attached hydrogen (secondary N) is 1. The zero-order valence-corrected chi connectivity index (χ0v) is 15.7. The van der Waals surface area contributed by atoms with Crippen LogP contribution < -0.4 is 5.32 Å². The average molecular weight is 377 g/mol. The topological polar surface area (TPSA) is 71.5 Å². The molecule has 0 fully saturated rings. The first-order valence-electron chi connectivity index (χ1n) is 7.97. The summed E-state index contributed by atoms with van der Waals surface area (Å²) in [5.74, 6) is -0.168. The van der Waals surface area contributed by atoms with Gasteiger partial charge in [-0.05, 0) is 25.3 Å². The summed E-state index contributed by atoms with van der Waals surface area (Å²) in [7, 11) is 0. The first-order chi connectivity index (χ1) is 12.1. The van der Waals surface area contributed by atoms with E-state index >= 15 is 0 Å². The van der Waals surface area contributed by atoms with E-state index < -0.39 is 0 Å². The molecule has 0 aliphatic carbocycles. The molecule has 132 valence electrons. The number of thiazole rings is 1. The summed E-state index contributed by atoms with van der Waals surface area (Å²) in [6, 6.07) is 7.48. The van der Waals surface area contributed by atoms with E-state index in [1.807, 2.05) is 24.5 Å². The van der Waals surface area contributed by atoms with Crippen LogP contribution in [0.3, 0.4) is 0 Å². The molecule has 2 heterocycles. The van der Waals surface area contributed by atoms with E-state index in [0.717, 1.165) is 15.5 Å². The van der Waals surface area contributed by atoms with E-state index in [1.165, 1.54) is 23.1 Å². The Morgan fingerprint density at radius 1 is 1.40 bits per heavy atom. The average Bonchev–Trinajstić information content (AvgIpc) is 3.03. The van der Waals surface area contributed by atoms with Crippen LogP contribution in [0.2, 0.25) is 0 Å². The molecular formula is C17H19N3O3S2. The second-order valence-corrected chi connectivity index (χ2v) is 7.35. The second kappa shape index (κ2) is 7.88. The number of hydrogen-bond donors (Lipinski definition) is 1. The van der Waals surface area contributed by atoms with Crippen molar-refractivity contribution in [3.63, 3.8) is 0 Å². The van der Waals surface area contributed by atoms with Crippen LogP contribution in [-0.2, 0) is 17.7 Å². The normalized spacial score (nSPS) is 13.3. The minimum atomic E-state index is -0.305. The zero-order chi connectivity index (χ0) is 17.8. The number of amides is 2. The van der Waals surface area contributed by atoms with Gasteiger partial charge >= 0.3 is 6.09 Å². The molecule has 8 heteroatoms. The lowest BCUT2D eigenvalue weighted by Gasteiger charge is -2.24. The molecule has 1 N–H and O–H groups in total. The molecule has 0 spiro atoms. The molecule has 1 aromatic heterocycles. The number of nitrogens with zero attached hydrogens (tertiary/aromatic N) is 2. The van der Waals surface area contributed by atoms with Crippen LogP contribution >= 0.6 is 23.1 Å². The van der Waals surface area contributed by atoms with Crippen molar-refractivity contribution in [2.24, 2.45) is 0 Å². The number of rotatable bonds is 4. The highest BCUT2D eigenvalue weighted by atomic mass is 32.2. The number of ether oxygens (including phenoxy) is 1. The van der Waals surface area contributed by atoms with Crippen LogP contribution in [-0.4, -0.2) is 41.3 Å². The van der Waals surface area contributed by atoms with Crippen LogP contribution in [0.1, 0.15) is 27.9 Å².